The first-order valence-electron chi connectivity index (χ1n) is 8.59. The summed E-state index contributed by atoms with van der Waals surface area (Å²) in [5, 5.41) is 14.5. The standard InChI is InChI=1S/C20H20N2O4S/c1-2-20(19(24)25,14-7-4-3-5-8-14)13-21-17(23)11-15-12-26-18(22-15)16-9-6-10-27-16/h3-10,12H,2,11,13H2,1H3,(H,21,23)(H,24,25). The number of hydrogen-bond donors (Lipinski definition) is 2. The Morgan fingerprint density at radius 2 is 2.00 bits per heavy atom. The lowest BCUT2D eigenvalue weighted by atomic mass is 9.78. The van der Waals surface area contributed by atoms with Gasteiger partial charge in [0.1, 0.15) is 11.7 Å². The minimum Gasteiger partial charge on any atom is -0.481 e. The first kappa shape index (κ1) is 18.8. The van der Waals surface area contributed by atoms with Crippen LogP contribution in [0.1, 0.15) is 24.6 Å². The summed E-state index contributed by atoms with van der Waals surface area (Å²) >= 11 is 1.50. The van der Waals surface area contributed by atoms with Crippen molar-refractivity contribution >= 4 is 23.2 Å². The molecule has 0 aliphatic heterocycles. The number of carbonyl (C=O) groups is 2. The molecule has 0 bridgehead atoms. The highest BCUT2D eigenvalue weighted by Crippen LogP contribution is 2.28. The van der Waals surface area contributed by atoms with Crippen molar-refractivity contribution in [1.82, 2.24) is 10.3 Å². The molecular formula is C20H20N2O4S. The molecular weight excluding hydrogens is 364 g/mol. The third-order valence-corrected chi connectivity index (χ3v) is 5.41. The average molecular weight is 384 g/mol. The number of nitrogens with zero attached hydrogens (tertiary/aromatic N) is 1. The fourth-order valence-electron chi connectivity index (χ4n) is 2.92. The molecule has 1 amide bonds. The lowest BCUT2D eigenvalue weighted by molar-refractivity contribution is -0.144. The Morgan fingerprint density at radius 3 is 2.63 bits per heavy atom. The third-order valence-electron chi connectivity index (χ3n) is 4.55. The quantitative estimate of drug-likeness (QED) is 0.620. The number of benzene rings is 1. The normalized spacial score (nSPS) is 13.1. The molecule has 3 aromatic rings. The first-order valence-corrected chi connectivity index (χ1v) is 9.47. The second kappa shape index (κ2) is 8.18. The van der Waals surface area contributed by atoms with Crippen LogP contribution in [-0.4, -0.2) is 28.5 Å². The maximum atomic E-state index is 12.3. The maximum absolute atomic E-state index is 12.3. The van der Waals surface area contributed by atoms with Crippen LogP contribution in [0.25, 0.3) is 10.8 Å². The SMILES string of the molecule is CCC(CNC(=O)Cc1coc(-c2cccs2)n1)(C(=O)O)c1ccccc1. The molecule has 1 aromatic carbocycles. The molecule has 0 spiro atoms. The van der Waals surface area contributed by atoms with E-state index in [1.807, 2.05) is 23.6 Å². The number of rotatable bonds is 8. The van der Waals surface area contributed by atoms with E-state index in [9.17, 15) is 14.7 Å². The van der Waals surface area contributed by atoms with E-state index >= 15 is 0 Å². The van der Waals surface area contributed by atoms with Gasteiger partial charge in [-0.2, -0.15) is 0 Å². The predicted molar refractivity (Wildman–Crippen MR) is 103 cm³/mol. The van der Waals surface area contributed by atoms with Gasteiger partial charge in [0.05, 0.1) is 17.0 Å². The maximum Gasteiger partial charge on any atom is 0.315 e. The summed E-state index contributed by atoms with van der Waals surface area (Å²) in [7, 11) is 0. The van der Waals surface area contributed by atoms with Crippen LogP contribution in [0.5, 0.6) is 0 Å². The van der Waals surface area contributed by atoms with E-state index in [-0.39, 0.29) is 18.9 Å². The molecule has 1 unspecified atom stereocenters. The van der Waals surface area contributed by atoms with Crippen LogP contribution >= 0.6 is 11.3 Å². The smallest absolute Gasteiger partial charge is 0.315 e. The lowest BCUT2D eigenvalue weighted by Crippen LogP contribution is -2.46. The number of amides is 1. The van der Waals surface area contributed by atoms with Crippen LogP contribution < -0.4 is 5.32 Å². The van der Waals surface area contributed by atoms with E-state index in [0.717, 1.165) is 4.88 Å². The van der Waals surface area contributed by atoms with Crippen molar-refractivity contribution in [2.45, 2.75) is 25.2 Å². The van der Waals surface area contributed by atoms with Gasteiger partial charge in [-0.25, -0.2) is 4.98 Å². The molecule has 0 aliphatic carbocycles. The number of aromatic nitrogens is 1. The van der Waals surface area contributed by atoms with Gasteiger partial charge in [-0.3, -0.25) is 9.59 Å². The number of carbonyl (C=O) groups excluding carboxylic acids is 1. The van der Waals surface area contributed by atoms with E-state index in [2.05, 4.69) is 10.3 Å². The Hall–Kier alpha value is -2.93. The zero-order valence-electron chi connectivity index (χ0n) is 14.8. The van der Waals surface area contributed by atoms with E-state index in [1.165, 1.54) is 17.6 Å². The van der Waals surface area contributed by atoms with E-state index in [0.29, 0.717) is 23.6 Å². The predicted octanol–water partition coefficient (Wildman–Crippen LogP) is 3.49. The molecule has 2 N–H and O–H groups in total. The monoisotopic (exact) mass is 384 g/mol. The van der Waals surface area contributed by atoms with Gasteiger partial charge in [0.15, 0.2) is 0 Å². The van der Waals surface area contributed by atoms with Gasteiger partial charge in [-0.1, -0.05) is 43.3 Å². The van der Waals surface area contributed by atoms with Gasteiger partial charge in [0.2, 0.25) is 11.8 Å². The molecule has 2 aromatic heterocycles. The molecule has 27 heavy (non-hydrogen) atoms. The van der Waals surface area contributed by atoms with Crippen molar-refractivity contribution < 1.29 is 19.1 Å². The molecule has 0 radical (unpaired) electrons. The second-order valence-corrected chi connectivity index (χ2v) is 7.13. The van der Waals surface area contributed by atoms with Gasteiger partial charge in [-0.15, -0.1) is 11.3 Å². The third kappa shape index (κ3) is 4.09. The molecule has 2 heterocycles. The van der Waals surface area contributed by atoms with Crippen molar-refractivity contribution in [2.75, 3.05) is 6.54 Å². The summed E-state index contributed by atoms with van der Waals surface area (Å²) in [6.07, 6.45) is 1.85. The number of aliphatic carboxylic acids is 1. The highest BCUT2D eigenvalue weighted by molar-refractivity contribution is 7.13. The van der Waals surface area contributed by atoms with Crippen molar-refractivity contribution in [3.63, 3.8) is 0 Å². The Balaban J connectivity index is 1.67. The molecule has 0 aliphatic rings. The Kier molecular flexibility index (Phi) is 5.71. The van der Waals surface area contributed by atoms with Crippen molar-refractivity contribution in [3.05, 3.63) is 65.4 Å². The number of oxazole rings is 1. The second-order valence-electron chi connectivity index (χ2n) is 6.18. The summed E-state index contributed by atoms with van der Waals surface area (Å²) < 4.78 is 5.41. The van der Waals surface area contributed by atoms with Crippen molar-refractivity contribution in [3.8, 4) is 10.8 Å². The Labute approximate surface area is 160 Å². The van der Waals surface area contributed by atoms with Gasteiger partial charge < -0.3 is 14.8 Å². The van der Waals surface area contributed by atoms with E-state index in [1.54, 1.807) is 31.2 Å². The molecule has 1 atom stereocenters. The average Bonchev–Trinajstić information content (AvgIpc) is 3.35. The highest BCUT2D eigenvalue weighted by Gasteiger charge is 2.38. The molecule has 6 nitrogen and oxygen atoms in total. The zero-order chi connectivity index (χ0) is 19.3. The summed E-state index contributed by atoms with van der Waals surface area (Å²) in [4.78, 5) is 29.5. The van der Waals surface area contributed by atoms with E-state index in [4.69, 9.17) is 4.42 Å². The minimum absolute atomic E-state index is 0.0112. The van der Waals surface area contributed by atoms with Gasteiger partial charge >= 0.3 is 5.97 Å². The summed E-state index contributed by atoms with van der Waals surface area (Å²) in [5.41, 5.74) is 0.0119. The molecule has 0 fully saturated rings. The van der Waals surface area contributed by atoms with Crippen molar-refractivity contribution in [1.29, 1.82) is 0 Å². The van der Waals surface area contributed by atoms with Gasteiger partial charge in [0.25, 0.3) is 0 Å². The molecule has 0 saturated carbocycles. The minimum atomic E-state index is -1.16. The van der Waals surface area contributed by atoms with Gasteiger partial charge in [-0.05, 0) is 23.4 Å². The van der Waals surface area contributed by atoms with Crippen LogP contribution in [0.15, 0.2) is 58.5 Å². The van der Waals surface area contributed by atoms with Gasteiger partial charge in [0, 0.05) is 6.54 Å². The molecule has 0 saturated heterocycles. The summed E-state index contributed by atoms with van der Waals surface area (Å²) in [6, 6.07) is 12.8. The Morgan fingerprint density at radius 1 is 1.22 bits per heavy atom. The summed E-state index contributed by atoms with van der Waals surface area (Å²) in [6.45, 7) is 1.82. The molecule has 3 rings (SSSR count). The number of carboxylic acids is 1. The first-order chi connectivity index (χ1) is 13.0. The van der Waals surface area contributed by atoms with E-state index < -0.39 is 11.4 Å². The largest absolute Gasteiger partial charge is 0.481 e. The van der Waals surface area contributed by atoms with Crippen molar-refractivity contribution in [2.24, 2.45) is 0 Å². The van der Waals surface area contributed by atoms with Crippen LogP contribution in [0.2, 0.25) is 0 Å². The number of hydrogen-bond acceptors (Lipinski definition) is 5. The Bertz CT molecular complexity index is 905. The summed E-state index contributed by atoms with van der Waals surface area (Å²) in [5.74, 6) is -0.778. The van der Waals surface area contributed by atoms with Crippen LogP contribution in [0, 0.1) is 0 Å². The van der Waals surface area contributed by atoms with Crippen LogP contribution in [-0.2, 0) is 21.4 Å². The van der Waals surface area contributed by atoms with Crippen LogP contribution in [0.3, 0.4) is 0 Å². The number of nitrogens with one attached hydrogen (secondary N) is 1. The number of carboxylic acid groups (broad SMARTS) is 1. The fourth-order valence-corrected chi connectivity index (χ4v) is 3.57. The number of thiophene rings is 1. The molecule has 140 valence electrons. The van der Waals surface area contributed by atoms with Crippen LogP contribution in [0.4, 0.5) is 0 Å². The topological polar surface area (TPSA) is 92.4 Å². The highest BCUT2D eigenvalue weighted by atomic mass is 32.1. The zero-order valence-corrected chi connectivity index (χ0v) is 15.7. The lowest BCUT2D eigenvalue weighted by Gasteiger charge is -2.29. The molecule has 7 heteroatoms. The fraction of sp³-hybridized carbons (Fsp3) is 0.250.